The summed E-state index contributed by atoms with van der Waals surface area (Å²) in [5, 5.41) is 15.8. The number of nitrogens with zero attached hydrogens (tertiary/aromatic N) is 5. The van der Waals surface area contributed by atoms with E-state index in [-0.39, 0.29) is 24.0 Å². The van der Waals surface area contributed by atoms with Crippen LogP contribution in [0.3, 0.4) is 0 Å². The maximum atomic E-state index is 4.87. The zero-order valence-electron chi connectivity index (χ0n) is 17.8. The molecule has 1 aliphatic carbocycles. The number of guanidine groups is 1. The van der Waals surface area contributed by atoms with Gasteiger partial charge in [0.2, 0.25) is 0 Å². The van der Waals surface area contributed by atoms with Crippen molar-refractivity contribution in [1.29, 1.82) is 0 Å². The molecule has 1 aromatic heterocycles. The van der Waals surface area contributed by atoms with Crippen LogP contribution in [0.15, 0.2) is 4.99 Å². The fraction of sp³-hybridized carbons (Fsp3) is 0.850. The number of piperidine rings is 1. The van der Waals surface area contributed by atoms with Gasteiger partial charge in [-0.25, -0.2) is 4.99 Å². The van der Waals surface area contributed by atoms with Gasteiger partial charge in [-0.2, -0.15) is 0 Å². The molecule has 2 N–H and O–H groups in total. The Bertz CT molecular complexity index is 602. The van der Waals surface area contributed by atoms with E-state index < -0.39 is 0 Å². The average molecular weight is 503 g/mol. The zero-order valence-corrected chi connectivity index (χ0v) is 20.1. The van der Waals surface area contributed by atoms with Crippen LogP contribution >= 0.6 is 24.0 Å². The van der Waals surface area contributed by atoms with Gasteiger partial charge in [-0.05, 0) is 45.6 Å². The summed E-state index contributed by atoms with van der Waals surface area (Å²) in [4.78, 5) is 7.44. The monoisotopic (exact) mass is 503 g/mol. The summed E-state index contributed by atoms with van der Waals surface area (Å²) in [6.07, 6.45) is 10.1. The second-order valence-electron chi connectivity index (χ2n) is 8.13. The summed E-state index contributed by atoms with van der Waals surface area (Å²) in [5.74, 6) is 2.80. The first kappa shape index (κ1) is 23.4. The quantitative estimate of drug-likeness (QED) is 0.355. The highest BCUT2D eigenvalue weighted by molar-refractivity contribution is 14.0. The van der Waals surface area contributed by atoms with Gasteiger partial charge in [0, 0.05) is 32.2 Å². The predicted octanol–water partition coefficient (Wildman–Crippen LogP) is 2.98. The maximum Gasteiger partial charge on any atom is 0.192 e. The third kappa shape index (κ3) is 6.86. The van der Waals surface area contributed by atoms with E-state index in [1.807, 2.05) is 18.5 Å². The second kappa shape index (κ2) is 11.9. The molecule has 0 atom stereocenters. The van der Waals surface area contributed by atoms with Gasteiger partial charge in [0.1, 0.15) is 12.4 Å². The molecular formula is C20H38IN7. The Morgan fingerprint density at radius 3 is 2.25 bits per heavy atom. The number of likely N-dealkylation sites (tertiary alicyclic amines) is 1. The third-order valence-corrected chi connectivity index (χ3v) is 5.98. The molecule has 1 saturated carbocycles. The molecule has 1 aromatic rings. The molecule has 1 aliphatic heterocycles. The van der Waals surface area contributed by atoms with Gasteiger partial charge >= 0.3 is 0 Å². The van der Waals surface area contributed by atoms with E-state index in [0.29, 0.717) is 18.6 Å². The Morgan fingerprint density at radius 1 is 1.04 bits per heavy atom. The highest BCUT2D eigenvalue weighted by atomic mass is 127. The summed E-state index contributed by atoms with van der Waals surface area (Å²) in [5.41, 5.74) is 0. The van der Waals surface area contributed by atoms with Crippen LogP contribution in [0, 0.1) is 6.92 Å². The van der Waals surface area contributed by atoms with E-state index in [4.69, 9.17) is 4.99 Å². The number of rotatable bonds is 6. The SMILES string of the molecule is CCCN1CCC(NC(=NCc2nnc(C)n2C)NC2CCCCC2)CC1.I. The molecule has 160 valence electrons. The number of aryl methyl sites for hydroxylation is 1. The molecule has 0 unspecified atom stereocenters. The van der Waals surface area contributed by atoms with Gasteiger partial charge in [0.05, 0.1) is 0 Å². The lowest BCUT2D eigenvalue weighted by Crippen LogP contribution is -2.51. The minimum Gasteiger partial charge on any atom is -0.354 e. The first-order valence-electron chi connectivity index (χ1n) is 10.8. The van der Waals surface area contributed by atoms with E-state index >= 15 is 0 Å². The second-order valence-corrected chi connectivity index (χ2v) is 8.13. The highest BCUT2D eigenvalue weighted by Gasteiger charge is 2.21. The summed E-state index contributed by atoms with van der Waals surface area (Å²) >= 11 is 0. The summed E-state index contributed by atoms with van der Waals surface area (Å²) in [7, 11) is 2.01. The molecule has 0 bridgehead atoms. The Hall–Kier alpha value is -0.900. The molecule has 2 aliphatic rings. The van der Waals surface area contributed by atoms with Crippen molar-refractivity contribution in [3.63, 3.8) is 0 Å². The molecular weight excluding hydrogens is 465 g/mol. The van der Waals surface area contributed by atoms with Crippen LogP contribution in [-0.2, 0) is 13.6 Å². The van der Waals surface area contributed by atoms with Gasteiger partial charge in [0.15, 0.2) is 11.8 Å². The predicted molar refractivity (Wildman–Crippen MR) is 125 cm³/mol. The number of nitrogens with one attached hydrogen (secondary N) is 2. The Morgan fingerprint density at radius 2 is 1.68 bits per heavy atom. The summed E-state index contributed by atoms with van der Waals surface area (Å²) in [6.45, 7) is 8.39. The van der Waals surface area contributed by atoms with E-state index in [2.05, 4.69) is 32.7 Å². The summed E-state index contributed by atoms with van der Waals surface area (Å²) < 4.78 is 2.02. The van der Waals surface area contributed by atoms with E-state index in [1.54, 1.807) is 0 Å². The van der Waals surface area contributed by atoms with Crippen LogP contribution in [0.2, 0.25) is 0 Å². The summed E-state index contributed by atoms with van der Waals surface area (Å²) in [6, 6.07) is 1.06. The fourth-order valence-corrected chi connectivity index (χ4v) is 4.12. The molecule has 3 rings (SSSR count). The molecule has 7 nitrogen and oxygen atoms in total. The first-order valence-corrected chi connectivity index (χ1v) is 10.8. The minimum atomic E-state index is 0. The molecule has 1 saturated heterocycles. The van der Waals surface area contributed by atoms with Crippen molar-refractivity contribution in [3.05, 3.63) is 11.6 Å². The van der Waals surface area contributed by atoms with E-state index in [9.17, 15) is 0 Å². The normalized spacial score (nSPS) is 20.0. The topological polar surface area (TPSA) is 70.4 Å². The van der Waals surface area contributed by atoms with E-state index in [0.717, 1.165) is 17.6 Å². The Balaban J connectivity index is 0.00000280. The molecule has 2 fully saturated rings. The molecule has 28 heavy (non-hydrogen) atoms. The maximum absolute atomic E-state index is 4.87. The number of aliphatic imine (C=N–C) groups is 1. The van der Waals surface area contributed by atoms with Gasteiger partial charge < -0.3 is 20.1 Å². The molecule has 8 heteroatoms. The van der Waals surface area contributed by atoms with Crippen molar-refractivity contribution in [2.75, 3.05) is 19.6 Å². The molecule has 0 spiro atoms. The van der Waals surface area contributed by atoms with Gasteiger partial charge in [-0.15, -0.1) is 34.2 Å². The Labute approximate surface area is 187 Å². The molecule has 0 aromatic carbocycles. The fourth-order valence-electron chi connectivity index (χ4n) is 4.12. The minimum absolute atomic E-state index is 0. The van der Waals surface area contributed by atoms with Crippen LogP contribution in [0.25, 0.3) is 0 Å². The van der Waals surface area contributed by atoms with Gasteiger partial charge in [-0.3, -0.25) is 0 Å². The van der Waals surface area contributed by atoms with Crippen LogP contribution < -0.4 is 10.6 Å². The van der Waals surface area contributed by atoms with Crippen molar-refractivity contribution in [1.82, 2.24) is 30.3 Å². The average Bonchev–Trinajstić information content (AvgIpc) is 3.01. The number of hydrogen-bond donors (Lipinski definition) is 2. The van der Waals surface area contributed by atoms with Crippen molar-refractivity contribution >= 4 is 29.9 Å². The van der Waals surface area contributed by atoms with Crippen molar-refractivity contribution in [3.8, 4) is 0 Å². The Kier molecular flexibility index (Phi) is 9.98. The van der Waals surface area contributed by atoms with Crippen molar-refractivity contribution in [2.45, 2.75) is 83.8 Å². The molecule has 0 radical (unpaired) electrons. The smallest absolute Gasteiger partial charge is 0.192 e. The lowest BCUT2D eigenvalue weighted by molar-refractivity contribution is 0.206. The first-order chi connectivity index (χ1) is 13.2. The number of aromatic nitrogens is 3. The standard InChI is InChI=1S/C20H37N7.HI/c1-4-12-27-13-10-18(11-14-27)23-20(22-17-8-6-5-7-9-17)21-15-19-25-24-16(2)26(19)3;/h17-18H,4-15H2,1-3H3,(H2,21,22,23);1H. The largest absolute Gasteiger partial charge is 0.354 e. The van der Waals surface area contributed by atoms with Gasteiger partial charge in [0.25, 0.3) is 0 Å². The van der Waals surface area contributed by atoms with Gasteiger partial charge in [-0.1, -0.05) is 26.2 Å². The van der Waals surface area contributed by atoms with Crippen LogP contribution in [0.1, 0.15) is 69.9 Å². The molecule has 2 heterocycles. The van der Waals surface area contributed by atoms with E-state index in [1.165, 1.54) is 71.0 Å². The number of hydrogen-bond acceptors (Lipinski definition) is 4. The van der Waals surface area contributed by atoms with Crippen LogP contribution in [0.5, 0.6) is 0 Å². The lowest BCUT2D eigenvalue weighted by atomic mass is 9.95. The van der Waals surface area contributed by atoms with Crippen molar-refractivity contribution in [2.24, 2.45) is 12.0 Å². The zero-order chi connectivity index (χ0) is 19.1. The van der Waals surface area contributed by atoms with Crippen molar-refractivity contribution < 1.29 is 0 Å². The lowest BCUT2D eigenvalue weighted by Gasteiger charge is -2.34. The highest BCUT2D eigenvalue weighted by Crippen LogP contribution is 2.17. The van der Waals surface area contributed by atoms with Crippen LogP contribution in [-0.4, -0.2) is 57.3 Å². The van der Waals surface area contributed by atoms with Crippen LogP contribution in [0.4, 0.5) is 0 Å². The number of halogens is 1. The third-order valence-electron chi connectivity index (χ3n) is 5.98. The molecule has 0 amide bonds.